The molecular weight excluding hydrogens is 219 g/mol. The Kier molecular flexibility index (Phi) is 2.44. The third-order valence-electron chi connectivity index (χ3n) is 2.07. The van der Waals surface area contributed by atoms with Gasteiger partial charge in [-0.1, -0.05) is 41.9 Å². The lowest BCUT2D eigenvalue weighted by Crippen LogP contribution is -1.92. The van der Waals surface area contributed by atoms with Crippen molar-refractivity contribution >= 4 is 39.2 Å². The molecule has 14 heavy (non-hydrogen) atoms. The van der Waals surface area contributed by atoms with Gasteiger partial charge < -0.3 is 0 Å². The molecule has 0 bridgehead atoms. The van der Waals surface area contributed by atoms with E-state index < -0.39 is 5.24 Å². The largest absolute Gasteiger partial charge is 0.276 e. The van der Waals surface area contributed by atoms with Crippen molar-refractivity contribution in [2.75, 3.05) is 0 Å². The maximum Gasteiger partial charge on any atom is 0.254 e. The highest BCUT2D eigenvalue weighted by Crippen LogP contribution is 2.27. The van der Waals surface area contributed by atoms with E-state index in [1.807, 2.05) is 30.3 Å². The molecule has 0 radical (unpaired) electrons. The molecule has 2 aromatic carbocycles. The van der Waals surface area contributed by atoms with Gasteiger partial charge in [-0.25, -0.2) is 0 Å². The fraction of sp³-hybridized carbons (Fsp3) is 0. The number of carbonyl (C=O) groups excluding carboxylic acids is 1. The minimum absolute atomic E-state index is 0.381. The Morgan fingerprint density at radius 1 is 1.07 bits per heavy atom. The van der Waals surface area contributed by atoms with Crippen LogP contribution in [0, 0.1) is 0 Å². The van der Waals surface area contributed by atoms with Crippen LogP contribution in [0.15, 0.2) is 36.4 Å². The predicted molar refractivity (Wildman–Crippen MR) is 59.1 cm³/mol. The Bertz CT molecular complexity index is 506. The summed E-state index contributed by atoms with van der Waals surface area (Å²) in [5.41, 5.74) is 0.381. The van der Waals surface area contributed by atoms with Crippen LogP contribution in [-0.2, 0) is 0 Å². The molecule has 0 spiro atoms. The first-order chi connectivity index (χ1) is 6.70. The van der Waals surface area contributed by atoms with E-state index in [4.69, 9.17) is 23.2 Å². The van der Waals surface area contributed by atoms with Crippen molar-refractivity contribution in [3.05, 3.63) is 47.0 Å². The molecule has 0 saturated heterocycles. The van der Waals surface area contributed by atoms with Crippen molar-refractivity contribution in [2.24, 2.45) is 0 Å². The molecule has 2 aromatic rings. The van der Waals surface area contributed by atoms with Crippen LogP contribution in [0.4, 0.5) is 0 Å². The van der Waals surface area contributed by atoms with E-state index in [9.17, 15) is 4.79 Å². The smallest absolute Gasteiger partial charge is 0.254 e. The first-order valence-corrected chi connectivity index (χ1v) is 4.83. The predicted octanol–water partition coefficient (Wildman–Crippen LogP) is 3.87. The van der Waals surface area contributed by atoms with E-state index in [1.165, 1.54) is 0 Å². The summed E-state index contributed by atoms with van der Waals surface area (Å²) in [7, 11) is 0. The standard InChI is InChI=1S/C11H6Cl2O/c12-9-6-5-7-3-1-2-4-8(7)10(9)11(13)14/h1-6H. The monoisotopic (exact) mass is 224 g/mol. The summed E-state index contributed by atoms with van der Waals surface area (Å²) >= 11 is 11.4. The number of hydrogen-bond donors (Lipinski definition) is 0. The Labute approximate surface area is 91.2 Å². The number of hydrogen-bond acceptors (Lipinski definition) is 1. The molecule has 0 saturated carbocycles. The first-order valence-electron chi connectivity index (χ1n) is 4.07. The van der Waals surface area contributed by atoms with Gasteiger partial charge in [0.2, 0.25) is 0 Å². The molecule has 0 fully saturated rings. The van der Waals surface area contributed by atoms with E-state index in [-0.39, 0.29) is 0 Å². The van der Waals surface area contributed by atoms with E-state index in [2.05, 4.69) is 0 Å². The van der Waals surface area contributed by atoms with Gasteiger partial charge in [-0.15, -0.1) is 0 Å². The zero-order valence-electron chi connectivity index (χ0n) is 7.13. The molecule has 0 N–H and O–H groups in total. The van der Waals surface area contributed by atoms with E-state index in [0.29, 0.717) is 10.6 Å². The van der Waals surface area contributed by atoms with Crippen LogP contribution in [0.3, 0.4) is 0 Å². The lowest BCUT2D eigenvalue weighted by atomic mass is 10.1. The minimum atomic E-state index is -0.521. The third-order valence-corrected chi connectivity index (χ3v) is 2.58. The number of fused-ring (bicyclic) bond motifs is 1. The highest BCUT2D eigenvalue weighted by atomic mass is 35.5. The highest BCUT2D eigenvalue weighted by molar-refractivity contribution is 6.69. The summed E-state index contributed by atoms with van der Waals surface area (Å²) < 4.78 is 0. The van der Waals surface area contributed by atoms with Gasteiger partial charge in [-0.05, 0) is 28.4 Å². The zero-order chi connectivity index (χ0) is 10.1. The van der Waals surface area contributed by atoms with Crippen molar-refractivity contribution < 1.29 is 4.79 Å². The van der Waals surface area contributed by atoms with Crippen LogP contribution in [0.25, 0.3) is 10.8 Å². The van der Waals surface area contributed by atoms with Gasteiger partial charge in [-0.2, -0.15) is 0 Å². The molecule has 2 rings (SSSR count). The van der Waals surface area contributed by atoms with Gasteiger partial charge in [0, 0.05) is 0 Å². The van der Waals surface area contributed by atoms with Crippen LogP contribution < -0.4 is 0 Å². The summed E-state index contributed by atoms with van der Waals surface area (Å²) in [5.74, 6) is 0. The van der Waals surface area contributed by atoms with Gasteiger partial charge in [0.15, 0.2) is 0 Å². The maximum absolute atomic E-state index is 11.2. The van der Waals surface area contributed by atoms with Gasteiger partial charge >= 0.3 is 0 Å². The second kappa shape index (κ2) is 3.60. The highest BCUT2D eigenvalue weighted by Gasteiger charge is 2.11. The molecule has 0 aromatic heterocycles. The van der Waals surface area contributed by atoms with Crippen LogP contribution in [0.2, 0.25) is 5.02 Å². The molecule has 0 aliphatic heterocycles. The molecule has 0 aliphatic rings. The average molecular weight is 225 g/mol. The molecule has 1 nitrogen and oxygen atoms in total. The van der Waals surface area contributed by atoms with Crippen LogP contribution in [-0.4, -0.2) is 5.24 Å². The molecule has 0 unspecified atom stereocenters. The van der Waals surface area contributed by atoms with Crippen molar-refractivity contribution in [3.8, 4) is 0 Å². The Morgan fingerprint density at radius 2 is 1.79 bits per heavy atom. The van der Waals surface area contributed by atoms with Crippen LogP contribution in [0.1, 0.15) is 10.4 Å². The van der Waals surface area contributed by atoms with Gasteiger partial charge in [0.05, 0.1) is 10.6 Å². The van der Waals surface area contributed by atoms with Crippen molar-refractivity contribution in [3.63, 3.8) is 0 Å². The number of benzene rings is 2. The lowest BCUT2D eigenvalue weighted by molar-refractivity contribution is 0.108. The van der Waals surface area contributed by atoms with Gasteiger partial charge in [-0.3, -0.25) is 4.79 Å². The Balaban J connectivity index is 2.90. The zero-order valence-corrected chi connectivity index (χ0v) is 8.64. The average Bonchev–Trinajstić information content (AvgIpc) is 2.17. The molecule has 0 atom stereocenters. The molecular formula is C11H6Cl2O. The summed E-state index contributed by atoms with van der Waals surface area (Å²) in [6.45, 7) is 0. The van der Waals surface area contributed by atoms with E-state index in [0.717, 1.165) is 10.8 Å². The summed E-state index contributed by atoms with van der Waals surface area (Å²) in [6, 6.07) is 11.0. The third kappa shape index (κ3) is 1.49. The summed E-state index contributed by atoms with van der Waals surface area (Å²) in [5, 5.41) is 1.62. The second-order valence-corrected chi connectivity index (χ2v) is 3.67. The minimum Gasteiger partial charge on any atom is -0.276 e. The Morgan fingerprint density at radius 3 is 2.50 bits per heavy atom. The van der Waals surface area contributed by atoms with Crippen LogP contribution >= 0.6 is 23.2 Å². The van der Waals surface area contributed by atoms with Gasteiger partial charge in [0.25, 0.3) is 5.24 Å². The normalized spacial score (nSPS) is 10.4. The number of rotatable bonds is 1. The SMILES string of the molecule is O=C(Cl)c1c(Cl)ccc2ccccc12. The van der Waals surface area contributed by atoms with Crippen molar-refractivity contribution in [1.29, 1.82) is 0 Å². The first kappa shape index (κ1) is 9.50. The van der Waals surface area contributed by atoms with Gasteiger partial charge in [0.1, 0.15) is 0 Å². The maximum atomic E-state index is 11.2. The van der Waals surface area contributed by atoms with Crippen molar-refractivity contribution in [2.45, 2.75) is 0 Å². The van der Waals surface area contributed by atoms with E-state index in [1.54, 1.807) is 6.07 Å². The topological polar surface area (TPSA) is 17.1 Å². The van der Waals surface area contributed by atoms with Crippen molar-refractivity contribution in [1.82, 2.24) is 0 Å². The Hall–Kier alpha value is -1.05. The molecule has 70 valence electrons. The molecule has 0 aliphatic carbocycles. The number of halogens is 2. The fourth-order valence-corrected chi connectivity index (χ4v) is 1.95. The number of carbonyl (C=O) groups is 1. The molecule has 0 amide bonds. The second-order valence-electron chi connectivity index (χ2n) is 2.92. The van der Waals surface area contributed by atoms with Crippen LogP contribution in [0.5, 0.6) is 0 Å². The lowest BCUT2D eigenvalue weighted by Gasteiger charge is -2.03. The fourth-order valence-electron chi connectivity index (χ4n) is 1.44. The summed E-state index contributed by atoms with van der Waals surface area (Å²) in [4.78, 5) is 11.2. The van der Waals surface area contributed by atoms with E-state index >= 15 is 0 Å². The molecule has 3 heteroatoms. The molecule has 0 heterocycles. The quantitative estimate of drug-likeness (QED) is 0.673. The summed E-state index contributed by atoms with van der Waals surface area (Å²) in [6.07, 6.45) is 0.